The van der Waals surface area contributed by atoms with E-state index in [2.05, 4.69) is 42.9 Å². The third-order valence-electron chi connectivity index (χ3n) is 2.93. The summed E-state index contributed by atoms with van der Waals surface area (Å²) in [6.45, 7) is 13.0. The average molecular weight is 197 g/mol. The first-order chi connectivity index (χ1) is 6.69. The standard InChI is InChI=1S/C11H23N3/c1-5-12-11(13-6-2)14-7-9(3)10(4)8-14/h9-10H,5-8H2,1-4H3,(H,12,13). The van der Waals surface area contributed by atoms with E-state index in [0.717, 1.165) is 44.0 Å². The lowest BCUT2D eigenvalue weighted by Gasteiger charge is -2.21. The van der Waals surface area contributed by atoms with Crippen molar-refractivity contribution in [1.29, 1.82) is 0 Å². The summed E-state index contributed by atoms with van der Waals surface area (Å²) in [5.74, 6) is 2.66. The van der Waals surface area contributed by atoms with Gasteiger partial charge in [-0.05, 0) is 25.7 Å². The van der Waals surface area contributed by atoms with Crippen molar-refractivity contribution in [2.45, 2.75) is 27.7 Å². The molecule has 0 spiro atoms. The first-order valence-corrected chi connectivity index (χ1v) is 5.72. The summed E-state index contributed by atoms with van der Waals surface area (Å²) >= 11 is 0. The molecule has 0 radical (unpaired) electrons. The first-order valence-electron chi connectivity index (χ1n) is 5.72. The van der Waals surface area contributed by atoms with Crippen molar-refractivity contribution >= 4 is 5.96 Å². The molecule has 1 saturated heterocycles. The van der Waals surface area contributed by atoms with E-state index in [9.17, 15) is 0 Å². The van der Waals surface area contributed by atoms with Gasteiger partial charge in [0.2, 0.25) is 0 Å². The zero-order chi connectivity index (χ0) is 10.6. The van der Waals surface area contributed by atoms with Crippen LogP contribution in [0.2, 0.25) is 0 Å². The van der Waals surface area contributed by atoms with Gasteiger partial charge in [-0.2, -0.15) is 0 Å². The molecule has 1 N–H and O–H groups in total. The van der Waals surface area contributed by atoms with Crippen LogP contribution in [0.4, 0.5) is 0 Å². The largest absolute Gasteiger partial charge is 0.357 e. The van der Waals surface area contributed by atoms with E-state index < -0.39 is 0 Å². The van der Waals surface area contributed by atoms with E-state index >= 15 is 0 Å². The Bertz CT molecular complexity index is 191. The van der Waals surface area contributed by atoms with E-state index in [0.29, 0.717) is 0 Å². The molecule has 1 fully saturated rings. The van der Waals surface area contributed by atoms with Gasteiger partial charge in [0.15, 0.2) is 5.96 Å². The number of hydrogen-bond donors (Lipinski definition) is 1. The normalized spacial score (nSPS) is 28.3. The van der Waals surface area contributed by atoms with Gasteiger partial charge >= 0.3 is 0 Å². The molecule has 0 bridgehead atoms. The Balaban J connectivity index is 2.57. The quantitative estimate of drug-likeness (QED) is 0.537. The average Bonchev–Trinajstić information content (AvgIpc) is 2.47. The van der Waals surface area contributed by atoms with E-state index in [4.69, 9.17) is 0 Å². The molecule has 14 heavy (non-hydrogen) atoms. The van der Waals surface area contributed by atoms with Crippen LogP contribution in [0.3, 0.4) is 0 Å². The van der Waals surface area contributed by atoms with Gasteiger partial charge in [-0.25, -0.2) is 0 Å². The van der Waals surface area contributed by atoms with Crippen LogP contribution < -0.4 is 5.32 Å². The molecule has 0 aromatic heterocycles. The molecule has 3 nitrogen and oxygen atoms in total. The summed E-state index contributed by atoms with van der Waals surface area (Å²) in [4.78, 5) is 6.87. The number of aliphatic imine (C=N–C) groups is 1. The fourth-order valence-electron chi connectivity index (χ4n) is 1.88. The van der Waals surface area contributed by atoms with Gasteiger partial charge in [0, 0.05) is 26.2 Å². The van der Waals surface area contributed by atoms with Gasteiger partial charge in [-0.15, -0.1) is 0 Å². The molecule has 82 valence electrons. The predicted octanol–water partition coefficient (Wildman–Crippen LogP) is 1.56. The lowest BCUT2D eigenvalue weighted by atomic mass is 10.0. The van der Waals surface area contributed by atoms with Crippen LogP contribution in [0, 0.1) is 11.8 Å². The van der Waals surface area contributed by atoms with Crippen molar-refractivity contribution in [2.24, 2.45) is 16.8 Å². The molecule has 0 aliphatic carbocycles. The molecule has 1 rings (SSSR count). The van der Waals surface area contributed by atoms with Crippen molar-refractivity contribution < 1.29 is 0 Å². The maximum Gasteiger partial charge on any atom is 0.193 e. The van der Waals surface area contributed by atoms with Gasteiger partial charge in [0.1, 0.15) is 0 Å². The van der Waals surface area contributed by atoms with Crippen LogP contribution in [-0.2, 0) is 0 Å². The molecule has 0 aromatic carbocycles. The van der Waals surface area contributed by atoms with Gasteiger partial charge < -0.3 is 10.2 Å². The van der Waals surface area contributed by atoms with Gasteiger partial charge in [0.25, 0.3) is 0 Å². The number of nitrogens with one attached hydrogen (secondary N) is 1. The van der Waals surface area contributed by atoms with E-state index in [1.54, 1.807) is 0 Å². The maximum atomic E-state index is 4.50. The van der Waals surface area contributed by atoms with Gasteiger partial charge in [-0.1, -0.05) is 13.8 Å². The van der Waals surface area contributed by atoms with Crippen molar-refractivity contribution in [2.75, 3.05) is 26.2 Å². The van der Waals surface area contributed by atoms with Crippen LogP contribution in [0.15, 0.2) is 4.99 Å². The monoisotopic (exact) mass is 197 g/mol. The van der Waals surface area contributed by atoms with Crippen molar-refractivity contribution in [1.82, 2.24) is 10.2 Å². The smallest absolute Gasteiger partial charge is 0.193 e. The summed E-state index contributed by atoms with van der Waals surface area (Å²) in [5, 5.41) is 3.34. The third kappa shape index (κ3) is 2.63. The second kappa shape index (κ2) is 5.23. The van der Waals surface area contributed by atoms with Crippen LogP contribution in [-0.4, -0.2) is 37.0 Å². The molecule has 3 heteroatoms. The van der Waals surface area contributed by atoms with Crippen molar-refractivity contribution in [3.63, 3.8) is 0 Å². The van der Waals surface area contributed by atoms with Gasteiger partial charge in [0.05, 0.1) is 0 Å². The van der Waals surface area contributed by atoms with Crippen LogP contribution in [0.25, 0.3) is 0 Å². The van der Waals surface area contributed by atoms with Gasteiger partial charge in [-0.3, -0.25) is 4.99 Å². The highest BCUT2D eigenvalue weighted by Gasteiger charge is 2.27. The predicted molar refractivity (Wildman–Crippen MR) is 61.6 cm³/mol. The lowest BCUT2D eigenvalue weighted by Crippen LogP contribution is -2.40. The molecule has 0 aromatic rings. The highest BCUT2D eigenvalue weighted by atomic mass is 15.3. The SMILES string of the molecule is CCN=C(NCC)N1CC(C)C(C)C1. The van der Waals surface area contributed by atoms with Crippen molar-refractivity contribution in [3.8, 4) is 0 Å². The second-order valence-electron chi connectivity index (χ2n) is 4.19. The Kier molecular flexibility index (Phi) is 4.23. The highest BCUT2D eigenvalue weighted by Crippen LogP contribution is 2.21. The molecule has 1 aliphatic rings. The fraction of sp³-hybridized carbons (Fsp3) is 0.909. The van der Waals surface area contributed by atoms with E-state index in [1.165, 1.54) is 0 Å². The Morgan fingerprint density at radius 1 is 1.29 bits per heavy atom. The van der Waals surface area contributed by atoms with Crippen molar-refractivity contribution in [3.05, 3.63) is 0 Å². The summed E-state index contributed by atoms with van der Waals surface area (Å²) in [6.07, 6.45) is 0. The molecule has 1 aliphatic heterocycles. The minimum atomic E-state index is 0.788. The summed E-state index contributed by atoms with van der Waals surface area (Å²) < 4.78 is 0. The zero-order valence-electron chi connectivity index (χ0n) is 9.88. The molecular formula is C11H23N3. The van der Waals surface area contributed by atoms with Crippen LogP contribution >= 0.6 is 0 Å². The Morgan fingerprint density at radius 3 is 2.29 bits per heavy atom. The fourth-order valence-corrected chi connectivity index (χ4v) is 1.88. The molecule has 1 heterocycles. The van der Waals surface area contributed by atoms with Crippen LogP contribution in [0.1, 0.15) is 27.7 Å². The maximum absolute atomic E-state index is 4.50. The minimum Gasteiger partial charge on any atom is -0.357 e. The molecule has 2 atom stereocenters. The number of guanidine groups is 1. The minimum absolute atomic E-state index is 0.788. The van der Waals surface area contributed by atoms with Crippen LogP contribution in [0.5, 0.6) is 0 Å². The molecule has 0 saturated carbocycles. The molecular weight excluding hydrogens is 174 g/mol. The summed E-state index contributed by atoms with van der Waals surface area (Å²) in [5.41, 5.74) is 0. The second-order valence-corrected chi connectivity index (χ2v) is 4.19. The van der Waals surface area contributed by atoms with E-state index in [1.807, 2.05) is 0 Å². The third-order valence-corrected chi connectivity index (χ3v) is 2.93. The Labute approximate surface area is 87.6 Å². The summed E-state index contributed by atoms with van der Waals surface area (Å²) in [6, 6.07) is 0. The summed E-state index contributed by atoms with van der Waals surface area (Å²) in [7, 11) is 0. The Morgan fingerprint density at radius 2 is 1.86 bits per heavy atom. The number of likely N-dealkylation sites (tertiary alicyclic amines) is 1. The first kappa shape index (κ1) is 11.3. The lowest BCUT2D eigenvalue weighted by molar-refractivity contribution is 0.472. The number of rotatable bonds is 2. The molecule has 2 unspecified atom stereocenters. The topological polar surface area (TPSA) is 27.6 Å². The van der Waals surface area contributed by atoms with E-state index in [-0.39, 0.29) is 0 Å². The molecule has 0 amide bonds. The Hall–Kier alpha value is -0.730. The number of hydrogen-bond acceptors (Lipinski definition) is 1. The number of nitrogens with zero attached hydrogens (tertiary/aromatic N) is 2. The zero-order valence-corrected chi connectivity index (χ0v) is 9.88. The highest BCUT2D eigenvalue weighted by molar-refractivity contribution is 5.80.